The monoisotopic (exact) mass is 320 g/mol. The zero-order valence-electron chi connectivity index (χ0n) is 7.63. The molecule has 0 bridgehead atoms. The summed E-state index contributed by atoms with van der Waals surface area (Å²) >= 11 is 2.37. The van der Waals surface area contributed by atoms with Gasteiger partial charge < -0.3 is 10.1 Å². The van der Waals surface area contributed by atoms with E-state index in [1.165, 1.54) is 0 Å². The zero-order valence-corrected chi connectivity index (χ0v) is 9.22. The highest BCUT2D eigenvalue weighted by atomic mass is 79.9. The molecule has 0 fully saturated rings. The minimum Gasteiger partial charge on any atom is -0.358 e. The number of rotatable bonds is 2. The number of nitrogens with zero attached hydrogens (tertiary/aromatic N) is 2. The average Bonchev–Trinajstić information content (AvgIpc) is 2.13. The zero-order chi connectivity index (χ0) is 13.4. The summed E-state index contributed by atoms with van der Waals surface area (Å²) in [6.45, 7) is 0. The molecule has 0 saturated heterocycles. The summed E-state index contributed by atoms with van der Waals surface area (Å²) in [7, 11) is 0. The van der Waals surface area contributed by atoms with E-state index in [0.717, 1.165) is 0 Å². The molecule has 0 saturated carbocycles. The lowest BCUT2D eigenvalue weighted by atomic mass is 10.2. The van der Waals surface area contributed by atoms with Crippen LogP contribution in [-0.4, -0.2) is 9.91 Å². The summed E-state index contributed by atoms with van der Waals surface area (Å²) in [6, 6.07) is 0.403. The smallest absolute Gasteiger partial charge is 0.358 e. The molecule has 0 aliphatic rings. The lowest BCUT2D eigenvalue weighted by Crippen LogP contribution is -2.12. The highest BCUT2D eigenvalue weighted by Crippen LogP contribution is 2.41. The SMILES string of the molecule is O=[N+]([O-])c1nc(C(F)F)cc(Br)c1C(F)(F)F. The van der Waals surface area contributed by atoms with Crippen LogP contribution in [0.2, 0.25) is 0 Å². The van der Waals surface area contributed by atoms with Gasteiger partial charge in [-0.15, -0.1) is 0 Å². The topological polar surface area (TPSA) is 56.0 Å². The molecule has 17 heavy (non-hydrogen) atoms. The Bertz CT molecular complexity index is 462. The summed E-state index contributed by atoms with van der Waals surface area (Å²) in [5.41, 5.74) is -2.79. The molecule has 0 amide bonds. The van der Waals surface area contributed by atoms with Crippen molar-refractivity contribution in [1.29, 1.82) is 0 Å². The van der Waals surface area contributed by atoms with E-state index >= 15 is 0 Å². The van der Waals surface area contributed by atoms with E-state index < -0.39 is 39.1 Å². The van der Waals surface area contributed by atoms with Crippen molar-refractivity contribution in [2.24, 2.45) is 0 Å². The van der Waals surface area contributed by atoms with Crippen LogP contribution in [0.1, 0.15) is 17.7 Å². The van der Waals surface area contributed by atoms with Gasteiger partial charge >= 0.3 is 18.4 Å². The van der Waals surface area contributed by atoms with E-state index in [0.29, 0.717) is 6.07 Å². The summed E-state index contributed by atoms with van der Waals surface area (Å²) in [5.74, 6) is -1.65. The lowest BCUT2D eigenvalue weighted by Gasteiger charge is -2.09. The van der Waals surface area contributed by atoms with Gasteiger partial charge in [-0.3, -0.25) is 0 Å². The van der Waals surface area contributed by atoms with Crippen LogP contribution >= 0.6 is 15.9 Å². The van der Waals surface area contributed by atoms with Crippen LogP contribution in [0.3, 0.4) is 0 Å². The van der Waals surface area contributed by atoms with Crippen molar-refractivity contribution < 1.29 is 26.9 Å². The van der Waals surface area contributed by atoms with Crippen LogP contribution in [0, 0.1) is 10.1 Å². The van der Waals surface area contributed by atoms with Crippen molar-refractivity contribution in [3.8, 4) is 0 Å². The second-order valence-corrected chi connectivity index (χ2v) is 3.64. The predicted molar refractivity (Wildman–Crippen MR) is 48.6 cm³/mol. The standard InChI is InChI=1S/C7H2BrF5N2O2/c8-2-1-3(5(9)10)14-6(15(16)17)4(2)7(11,12)13/h1,5H. The second-order valence-electron chi connectivity index (χ2n) is 2.78. The summed E-state index contributed by atoms with van der Waals surface area (Å²) in [6.07, 6.45) is -8.26. The Labute approximate surface area is 98.7 Å². The van der Waals surface area contributed by atoms with E-state index in [9.17, 15) is 32.1 Å². The first-order valence-corrected chi connectivity index (χ1v) is 4.64. The van der Waals surface area contributed by atoms with Crippen molar-refractivity contribution in [2.45, 2.75) is 12.6 Å². The van der Waals surface area contributed by atoms with Crippen LogP contribution < -0.4 is 0 Å². The molecule has 1 heterocycles. The van der Waals surface area contributed by atoms with Gasteiger partial charge in [0.05, 0.1) is 0 Å². The fourth-order valence-electron chi connectivity index (χ4n) is 1.03. The Hall–Kier alpha value is -1.32. The summed E-state index contributed by atoms with van der Waals surface area (Å²) in [4.78, 5) is 11.6. The fraction of sp³-hybridized carbons (Fsp3) is 0.286. The molecule has 0 aliphatic heterocycles. The van der Waals surface area contributed by atoms with E-state index in [1.807, 2.05) is 0 Å². The molecular weight excluding hydrogens is 319 g/mol. The maximum absolute atomic E-state index is 12.4. The van der Waals surface area contributed by atoms with E-state index in [4.69, 9.17) is 0 Å². The van der Waals surface area contributed by atoms with Crippen molar-refractivity contribution in [1.82, 2.24) is 4.98 Å². The molecule has 4 nitrogen and oxygen atoms in total. The van der Waals surface area contributed by atoms with Gasteiger partial charge in [-0.25, -0.2) is 8.78 Å². The maximum Gasteiger partial charge on any atom is 0.425 e. The van der Waals surface area contributed by atoms with Crippen molar-refractivity contribution in [3.05, 3.63) is 31.9 Å². The van der Waals surface area contributed by atoms with Gasteiger partial charge in [-0.2, -0.15) is 13.2 Å². The average molecular weight is 321 g/mol. The molecule has 10 heteroatoms. The van der Waals surface area contributed by atoms with Crippen molar-refractivity contribution >= 4 is 21.7 Å². The Morgan fingerprint density at radius 2 is 1.94 bits per heavy atom. The molecule has 0 aliphatic carbocycles. The Balaban J connectivity index is 3.56. The third-order valence-corrected chi connectivity index (χ3v) is 2.28. The number of pyridine rings is 1. The highest BCUT2D eigenvalue weighted by Gasteiger charge is 2.43. The second kappa shape index (κ2) is 4.51. The molecule has 0 aromatic carbocycles. The van der Waals surface area contributed by atoms with Gasteiger partial charge in [-0.1, -0.05) is 0 Å². The first-order chi connectivity index (χ1) is 7.64. The van der Waals surface area contributed by atoms with Gasteiger partial charge in [0.2, 0.25) is 5.69 Å². The summed E-state index contributed by atoms with van der Waals surface area (Å²) in [5, 5.41) is 10.4. The van der Waals surface area contributed by atoms with Crippen molar-refractivity contribution in [3.63, 3.8) is 0 Å². The summed E-state index contributed by atoms with van der Waals surface area (Å²) < 4.78 is 60.9. The molecule has 1 rings (SSSR count). The van der Waals surface area contributed by atoms with E-state index in [2.05, 4.69) is 20.9 Å². The van der Waals surface area contributed by atoms with E-state index in [-0.39, 0.29) is 0 Å². The molecule has 94 valence electrons. The van der Waals surface area contributed by atoms with E-state index in [1.54, 1.807) is 0 Å². The Morgan fingerprint density at radius 1 is 1.41 bits per heavy atom. The van der Waals surface area contributed by atoms with Crippen molar-refractivity contribution in [2.75, 3.05) is 0 Å². The normalized spacial score (nSPS) is 11.9. The van der Waals surface area contributed by atoms with Gasteiger partial charge in [0.15, 0.2) is 5.56 Å². The third kappa shape index (κ3) is 2.87. The third-order valence-electron chi connectivity index (χ3n) is 1.65. The molecule has 0 atom stereocenters. The Morgan fingerprint density at radius 3 is 2.29 bits per heavy atom. The Kier molecular flexibility index (Phi) is 3.65. The quantitative estimate of drug-likeness (QED) is 0.474. The number of aromatic nitrogens is 1. The number of nitro groups is 1. The van der Waals surface area contributed by atoms with Crippen LogP contribution in [-0.2, 0) is 6.18 Å². The van der Waals surface area contributed by atoms with Gasteiger partial charge in [-0.05, 0) is 25.8 Å². The minimum absolute atomic E-state index is 0.403. The molecular formula is C7H2BrF5N2O2. The predicted octanol–water partition coefficient (Wildman–Crippen LogP) is 3.71. The first kappa shape index (κ1) is 13.7. The molecule has 0 N–H and O–H groups in total. The van der Waals surface area contributed by atoms with Crippen LogP contribution in [0.4, 0.5) is 27.8 Å². The largest absolute Gasteiger partial charge is 0.425 e. The number of halogens is 6. The first-order valence-electron chi connectivity index (χ1n) is 3.84. The maximum atomic E-state index is 12.4. The highest BCUT2D eigenvalue weighted by molar-refractivity contribution is 9.10. The minimum atomic E-state index is -5.06. The molecule has 0 radical (unpaired) electrons. The van der Waals surface area contributed by atoms with Crippen LogP contribution in [0.25, 0.3) is 0 Å². The fourth-order valence-corrected chi connectivity index (χ4v) is 1.66. The molecule has 0 spiro atoms. The van der Waals surface area contributed by atoms with Crippen LogP contribution in [0.15, 0.2) is 10.5 Å². The number of hydrogen-bond acceptors (Lipinski definition) is 3. The number of hydrogen-bond donors (Lipinski definition) is 0. The van der Waals surface area contributed by atoms with Gasteiger partial charge in [0.1, 0.15) is 0 Å². The molecule has 0 unspecified atom stereocenters. The number of alkyl halides is 5. The van der Waals surface area contributed by atoms with Crippen LogP contribution in [0.5, 0.6) is 0 Å². The lowest BCUT2D eigenvalue weighted by molar-refractivity contribution is -0.393. The van der Waals surface area contributed by atoms with Gasteiger partial charge in [0, 0.05) is 10.5 Å². The molecule has 1 aromatic heterocycles. The molecule has 1 aromatic rings. The van der Waals surface area contributed by atoms with Gasteiger partial charge in [0.25, 0.3) is 0 Å².